The van der Waals surface area contributed by atoms with Gasteiger partial charge in [-0.2, -0.15) is 0 Å². The highest BCUT2D eigenvalue weighted by Crippen LogP contribution is 2.20. The fourth-order valence-electron chi connectivity index (χ4n) is 9.98. The Hall–Kier alpha value is -10.00. The van der Waals surface area contributed by atoms with Crippen LogP contribution in [0.2, 0.25) is 0 Å². The van der Waals surface area contributed by atoms with Crippen LogP contribution in [0.5, 0.6) is 0 Å². The Morgan fingerprint density at radius 1 is 0.495 bits per heavy atom. The number of aliphatic imine (C=N–C) groups is 1. The van der Waals surface area contributed by atoms with E-state index in [1.165, 1.54) is 27.7 Å². The fraction of sp³-hybridized carbons (Fsp3) is 0.619. The summed E-state index contributed by atoms with van der Waals surface area (Å²) in [6, 6.07) is -9.49. The number of amides is 13. The van der Waals surface area contributed by atoms with Crippen molar-refractivity contribution in [2.75, 3.05) is 13.1 Å². The van der Waals surface area contributed by atoms with Crippen LogP contribution in [0.1, 0.15) is 139 Å². The molecule has 0 aliphatic rings. The third-order valence-electron chi connectivity index (χ3n) is 15.2. The van der Waals surface area contributed by atoms with Crippen molar-refractivity contribution in [3.63, 3.8) is 0 Å². The normalized spacial score (nSPS) is 14.9. The maximum absolute atomic E-state index is 14.7. The van der Waals surface area contributed by atoms with E-state index in [0.717, 1.165) is 0 Å². The van der Waals surface area contributed by atoms with E-state index in [0.29, 0.717) is 16.5 Å². The molecule has 0 aliphatic carbocycles. The lowest BCUT2D eigenvalue weighted by molar-refractivity contribution is -0.143. The molecule has 1 aromatic carbocycles. The number of carbonyl (C=O) groups is 15. The molecule has 1 heterocycles. The topological polar surface area (TPSA) is 607 Å². The van der Waals surface area contributed by atoms with Crippen molar-refractivity contribution < 1.29 is 87.2 Å². The van der Waals surface area contributed by atoms with Gasteiger partial charge < -0.3 is 107 Å². The number of nitrogens with two attached hydrogens (primary N) is 5. The zero-order chi connectivity index (χ0) is 75.1. The van der Waals surface area contributed by atoms with Crippen molar-refractivity contribution in [1.82, 2.24) is 63.5 Å². The highest BCUT2D eigenvalue weighted by atomic mass is 16.4. The molecule has 0 saturated heterocycles. The largest absolute Gasteiger partial charge is 0.481 e. The predicted octanol–water partition coefficient (Wildman–Crippen LogP) is -4.66. The lowest BCUT2D eigenvalue weighted by Crippen LogP contribution is -2.62. The second-order valence-corrected chi connectivity index (χ2v) is 25.8. The summed E-state index contributed by atoms with van der Waals surface area (Å²) in [4.78, 5) is 207. The van der Waals surface area contributed by atoms with Gasteiger partial charge in [0.15, 0.2) is 5.96 Å². The molecule has 0 aliphatic heterocycles. The summed E-state index contributed by atoms with van der Waals surface area (Å²) in [6.45, 7) is 14.7. The number of aliphatic hydroxyl groups is 1. The van der Waals surface area contributed by atoms with E-state index in [2.05, 4.69) is 68.5 Å². The minimum absolute atomic E-state index is 0.0254. The number of aromatic amines is 1. The minimum Gasteiger partial charge on any atom is -0.481 e. The first-order chi connectivity index (χ1) is 46.2. The Kier molecular flexibility index (Phi) is 36.1. The summed E-state index contributed by atoms with van der Waals surface area (Å²) in [5.74, 6) is -17.2. The van der Waals surface area contributed by atoms with E-state index in [9.17, 15) is 87.2 Å². The lowest BCUT2D eigenvalue weighted by atomic mass is 9.99. The lowest BCUT2D eigenvalue weighted by Gasteiger charge is -2.29. The van der Waals surface area contributed by atoms with E-state index in [4.69, 9.17) is 28.7 Å². The zero-order valence-electron chi connectivity index (χ0n) is 57.6. The van der Waals surface area contributed by atoms with Crippen LogP contribution in [0.15, 0.2) is 35.5 Å². The number of benzene rings is 1. The van der Waals surface area contributed by atoms with Crippen LogP contribution in [0.3, 0.4) is 0 Å². The van der Waals surface area contributed by atoms with E-state index >= 15 is 0 Å². The number of primary amides is 2. The van der Waals surface area contributed by atoms with E-state index in [1.807, 2.05) is 0 Å². The number of hydrogen-bond donors (Lipinski definition) is 20. The summed E-state index contributed by atoms with van der Waals surface area (Å²) in [5, 5.41) is 57.9. The van der Waals surface area contributed by atoms with Gasteiger partial charge in [-0.25, -0.2) is 4.79 Å². The van der Waals surface area contributed by atoms with E-state index < -0.39 is 187 Å². The number of para-hydroxylation sites is 1. The van der Waals surface area contributed by atoms with Crippen LogP contribution >= 0.6 is 0 Å². The van der Waals surface area contributed by atoms with Crippen LogP contribution in [-0.4, -0.2) is 201 Å². The van der Waals surface area contributed by atoms with Gasteiger partial charge >= 0.3 is 11.9 Å². The maximum atomic E-state index is 14.7. The van der Waals surface area contributed by atoms with Crippen molar-refractivity contribution in [2.45, 2.75) is 212 Å². The molecule has 25 N–H and O–H groups in total. The number of hydrogen-bond acceptors (Lipinski definition) is 18. The van der Waals surface area contributed by atoms with Crippen LogP contribution in [0.4, 0.5) is 0 Å². The van der Waals surface area contributed by atoms with Gasteiger partial charge in [0.05, 0.1) is 25.1 Å². The average molecular weight is 1400 g/mol. The van der Waals surface area contributed by atoms with Crippen molar-refractivity contribution in [1.29, 1.82) is 0 Å². The molecule has 12 atom stereocenters. The number of aliphatic hydroxyl groups excluding tert-OH is 1. The van der Waals surface area contributed by atoms with Gasteiger partial charge in [0, 0.05) is 42.9 Å². The highest BCUT2D eigenvalue weighted by Gasteiger charge is 2.38. The van der Waals surface area contributed by atoms with Gasteiger partial charge in [-0.1, -0.05) is 73.6 Å². The maximum Gasteiger partial charge on any atom is 0.326 e. The van der Waals surface area contributed by atoms with Crippen molar-refractivity contribution >= 4 is 106 Å². The number of carboxylic acid groups (broad SMARTS) is 2. The Morgan fingerprint density at radius 2 is 0.960 bits per heavy atom. The highest BCUT2D eigenvalue weighted by molar-refractivity contribution is 6.00. The molecule has 0 fully saturated rings. The molecule has 0 radical (unpaired) electrons. The van der Waals surface area contributed by atoms with Crippen molar-refractivity contribution in [2.24, 2.45) is 57.3 Å². The third-order valence-corrected chi connectivity index (χ3v) is 15.2. The molecular weight excluding hydrogens is 1300 g/mol. The Morgan fingerprint density at radius 3 is 1.49 bits per heavy atom. The molecule has 0 spiro atoms. The smallest absolute Gasteiger partial charge is 0.326 e. The number of aliphatic carboxylic acids is 2. The second kappa shape index (κ2) is 42.0. The number of nitrogens with zero attached hydrogens (tertiary/aromatic N) is 1. The molecule has 1 aromatic heterocycles. The van der Waals surface area contributed by atoms with Gasteiger partial charge in [-0.3, -0.25) is 72.1 Å². The molecule has 36 nitrogen and oxygen atoms in total. The molecule has 2 aromatic rings. The summed E-state index contributed by atoms with van der Waals surface area (Å²) in [5.41, 5.74) is 28.6. The second-order valence-electron chi connectivity index (χ2n) is 25.8. The predicted molar refractivity (Wildman–Crippen MR) is 360 cm³/mol. The Bertz CT molecular complexity index is 3190. The van der Waals surface area contributed by atoms with Gasteiger partial charge in [0.25, 0.3) is 0 Å². The molecule has 0 bridgehead atoms. The molecule has 0 unspecified atom stereocenters. The number of aromatic nitrogens is 1. The third kappa shape index (κ3) is 31.4. The Labute approximate surface area is 573 Å². The monoisotopic (exact) mass is 1400 g/mol. The number of guanidine groups is 1. The number of nitrogens with one attached hydrogen (secondary N) is 12. The van der Waals surface area contributed by atoms with Crippen LogP contribution in [-0.2, 0) is 78.3 Å². The molecule has 2 rings (SSSR count). The minimum atomic E-state index is -1.91. The summed E-state index contributed by atoms with van der Waals surface area (Å²) < 4.78 is 0. The standard InChI is InChI=1S/C63H102N18O18/c1-29(2)22-41(57(93)74-40(18-20-47(66)84)56(92)79-45(62(98)99)24-31(5)6)75-58(94)43(25-35-27-70-38-15-12-11-14-36(35)38)76-55(91)39(16-13-21-69-63(67)68)73-48(85)28-71-54(90)44(26-49(86)87)78-60(96)50(32(7)8)80-59(95)42(23-30(3)4)77-61(97)51(34(10)82)81-52(88)33(9)72-53(89)37(64)17-19-46(65)83/h11-12,14-15,27,29-34,37,39-45,50-51,70,82H,13,16-26,28,64H2,1-10H3,(H2,65,83)(H2,66,84)(H,71,90)(H,72,89)(H,73,85)(H,74,93)(H,75,94)(H,76,91)(H,77,97)(H,78,96)(H,79,92)(H,80,95)(H,81,88)(H,86,87)(H,98,99)(H4,67,68,69)/t33-,34+,37-,39-,40-,41-,42-,43-,44-,45-,50-,51-/m0/s1. The number of H-pyrrole nitrogens is 1. The number of carbonyl (C=O) groups excluding carboxylic acids is 13. The number of fused-ring (bicyclic) bond motifs is 1. The molecule has 0 saturated carbocycles. The van der Waals surface area contributed by atoms with Gasteiger partial charge in [0.1, 0.15) is 60.4 Å². The fourth-order valence-corrected chi connectivity index (χ4v) is 9.98. The summed E-state index contributed by atoms with van der Waals surface area (Å²) in [7, 11) is 0. The average Bonchev–Trinajstić information content (AvgIpc) is 1.73. The number of rotatable bonds is 45. The molecular formula is C63H102N18O18. The van der Waals surface area contributed by atoms with Crippen LogP contribution in [0.25, 0.3) is 10.9 Å². The van der Waals surface area contributed by atoms with Crippen LogP contribution in [0, 0.1) is 23.7 Å². The molecule has 552 valence electrons. The summed E-state index contributed by atoms with van der Waals surface area (Å²) in [6.07, 6.45) is -2.64. The first-order valence-electron chi connectivity index (χ1n) is 32.6. The summed E-state index contributed by atoms with van der Waals surface area (Å²) >= 11 is 0. The van der Waals surface area contributed by atoms with E-state index in [-0.39, 0.29) is 88.0 Å². The van der Waals surface area contributed by atoms with E-state index in [1.54, 1.807) is 72.0 Å². The van der Waals surface area contributed by atoms with Gasteiger partial charge in [0.2, 0.25) is 76.8 Å². The zero-order valence-corrected chi connectivity index (χ0v) is 57.6. The molecule has 36 heteroatoms. The van der Waals surface area contributed by atoms with Gasteiger partial charge in [-0.15, -0.1) is 0 Å². The first-order valence-corrected chi connectivity index (χ1v) is 32.6. The SMILES string of the molecule is CC(C)C[C@H](NC(=O)[C@H](CCC(N)=O)NC(=O)[C@H](CC(C)C)NC(=O)[C@H](Cc1c[nH]c2ccccc12)NC(=O)[C@H](CCCN=C(N)N)NC(=O)CNC(=O)[C@H](CC(=O)O)NC(=O)[C@@H](NC(=O)[C@H](CC(C)C)NC(=O)[C@@H](NC(=O)[C@H](C)NC(=O)[C@@H](N)CCC(N)=O)[C@@H](C)O)C(C)C)C(=O)O. The van der Waals surface area contributed by atoms with Crippen LogP contribution < -0.4 is 87.2 Å². The number of carboxylic acids is 2. The molecule has 99 heavy (non-hydrogen) atoms. The first kappa shape index (κ1) is 85.1. The van der Waals surface area contributed by atoms with Crippen molar-refractivity contribution in [3.05, 3.63) is 36.0 Å². The molecule has 13 amide bonds. The quantitative estimate of drug-likeness (QED) is 0.0168. The van der Waals surface area contributed by atoms with Gasteiger partial charge in [-0.05, 0) is 94.1 Å². The Balaban J connectivity index is 2.46. The van der Waals surface area contributed by atoms with Crippen molar-refractivity contribution in [3.8, 4) is 0 Å².